The van der Waals surface area contributed by atoms with Crippen molar-refractivity contribution in [1.82, 2.24) is 15.2 Å². The van der Waals surface area contributed by atoms with E-state index in [2.05, 4.69) is 26.1 Å². The van der Waals surface area contributed by atoms with Gasteiger partial charge in [-0.25, -0.2) is 9.78 Å². The zero-order valence-corrected chi connectivity index (χ0v) is 23.4. The molecule has 4 heterocycles. The second-order valence-corrected chi connectivity index (χ2v) is 10.3. The van der Waals surface area contributed by atoms with Crippen LogP contribution in [0.1, 0.15) is 24.8 Å². The topological polar surface area (TPSA) is 151 Å². The molecule has 0 unspecified atom stereocenters. The van der Waals surface area contributed by atoms with Gasteiger partial charge in [0.05, 0.1) is 0 Å². The quantitative estimate of drug-likeness (QED) is 0.114. The Hall–Kier alpha value is -2.45. The molecule has 184 valence electrons. The SMILES string of the molecule is CO/N=C(/C(=O)N[C@@H]1C(=O)N2C(C(=O)O)=C(C[n+]3cccc4c3CCC4)CS[C@H]12)c1csc(N)n1.[H-].[Na+]. The van der Waals surface area contributed by atoms with Gasteiger partial charge in [-0.3, -0.25) is 14.5 Å². The van der Waals surface area contributed by atoms with Crippen molar-refractivity contribution < 1.29 is 59.9 Å². The summed E-state index contributed by atoms with van der Waals surface area (Å²) in [6.45, 7) is 0.404. The van der Waals surface area contributed by atoms with Crippen molar-refractivity contribution in [3.8, 4) is 0 Å². The molecule has 0 radical (unpaired) electrons. The minimum atomic E-state index is -1.16. The molecule has 36 heavy (non-hydrogen) atoms. The summed E-state index contributed by atoms with van der Waals surface area (Å²) in [4.78, 5) is 48.2. The maximum Gasteiger partial charge on any atom is 1.00 e. The summed E-state index contributed by atoms with van der Waals surface area (Å²) in [7, 11) is 1.29. The number of aryl methyl sites for hydroxylation is 1. The number of amides is 2. The van der Waals surface area contributed by atoms with Crippen molar-refractivity contribution >= 4 is 51.7 Å². The third-order valence-electron chi connectivity index (χ3n) is 6.20. The van der Waals surface area contributed by atoms with Gasteiger partial charge in [-0.15, -0.1) is 23.1 Å². The number of carboxylic acids is 1. The number of thioether (sulfide) groups is 1. The molecule has 1 aliphatic carbocycles. The Bertz CT molecular complexity index is 1300. The minimum absolute atomic E-state index is 0. The van der Waals surface area contributed by atoms with Gasteiger partial charge in [-0.2, -0.15) is 4.57 Å². The van der Waals surface area contributed by atoms with Crippen LogP contribution in [0.2, 0.25) is 0 Å². The van der Waals surface area contributed by atoms with Gasteiger partial charge in [0.1, 0.15) is 29.9 Å². The maximum absolute atomic E-state index is 13.0. The van der Waals surface area contributed by atoms with Crippen LogP contribution < -0.4 is 45.2 Å². The number of aliphatic carboxylic acids is 1. The van der Waals surface area contributed by atoms with Crippen LogP contribution in [0.15, 0.2) is 40.1 Å². The number of β-lactam (4-membered cyclic amide) rings is 1. The molecule has 0 aromatic carbocycles. The number of oxime groups is 1. The average Bonchev–Trinajstić information content (AvgIpc) is 3.49. The predicted molar refractivity (Wildman–Crippen MR) is 130 cm³/mol. The van der Waals surface area contributed by atoms with Crippen LogP contribution in [0.5, 0.6) is 0 Å². The van der Waals surface area contributed by atoms with E-state index < -0.39 is 29.2 Å². The Labute approximate surface area is 238 Å². The standard InChI is InChI=1S/C22H22N6O5S2.Na.H/c1-33-26-15(13-10-35-22(23)24-13)18(29)25-16-19(30)28-17(21(31)32)12(9-34-20(16)28)8-27-7-3-5-11-4-2-6-14(11)27;;/h3,5,7,10,16,20H,2,4,6,8-9H2,1H3,(H3-,23,24,25,29,31,32);;/q;+1;-1/p+1/b26-15+;;/t16-,20-;;/m1../s1. The largest absolute Gasteiger partial charge is 1.00 e. The smallest absolute Gasteiger partial charge is 1.00 e. The Morgan fingerprint density at radius 1 is 1.44 bits per heavy atom. The number of carbonyl (C=O) groups is 3. The molecule has 2 aromatic heterocycles. The van der Waals surface area contributed by atoms with Crippen LogP contribution in [-0.2, 0) is 38.6 Å². The van der Waals surface area contributed by atoms with Gasteiger partial charge in [0.2, 0.25) is 0 Å². The van der Waals surface area contributed by atoms with Crippen molar-refractivity contribution in [3.63, 3.8) is 0 Å². The van der Waals surface area contributed by atoms with Crippen LogP contribution in [0.4, 0.5) is 5.13 Å². The van der Waals surface area contributed by atoms with Gasteiger partial charge in [-0.05, 0) is 18.9 Å². The van der Waals surface area contributed by atoms with Crippen LogP contribution in [0.3, 0.4) is 0 Å². The number of rotatable bonds is 7. The Morgan fingerprint density at radius 3 is 2.94 bits per heavy atom. The molecule has 4 N–H and O–H groups in total. The van der Waals surface area contributed by atoms with Crippen molar-refractivity contribution in [2.75, 3.05) is 18.6 Å². The van der Waals surface area contributed by atoms with E-state index in [1.54, 1.807) is 5.38 Å². The molecular weight excluding hydrogens is 515 g/mol. The molecule has 3 aliphatic rings. The fraction of sp³-hybridized carbons (Fsp3) is 0.364. The summed E-state index contributed by atoms with van der Waals surface area (Å²) in [6.07, 6.45) is 5.01. The molecule has 14 heteroatoms. The molecule has 0 bridgehead atoms. The van der Waals surface area contributed by atoms with E-state index >= 15 is 0 Å². The number of hydrogen-bond donors (Lipinski definition) is 3. The van der Waals surface area contributed by atoms with E-state index in [9.17, 15) is 19.5 Å². The van der Waals surface area contributed by atoms with Crippen LogP contribution in [-0.4, -0.2) is 62.8 Å². The Morgan fingerprint density at radius 2 is 2.25 bits per heavy atom. The summed E-state index contributed by atoms with van der Waals surface area (Å²) in [5, 5.41) is 17.7. The van der Waals surface area contributed by atoms with Crippen molar-refractivity contribution in [3.05, 3.63) is 51.9 Å². The van der Waals surface area contributed by atoms with E-state index in [4.69, 9.17) is 10.6 Å². The third kappa shape index (κ3) is 4.77. The molecule has 2 atom stereocenters. The molecule has 0 saturated carbocycles. The number of fused-ring (bicyclic) bond motifs is 2. The third-order valence-corrected chi connectivity index (χ3v) is 8.21. The molecule has 5 rings (SSSR count). The number of nitrogen functional groups attached to an aromatic ring is 1. The summed E-state index contributed by atoms with van der Waals surface area (Å²) < 4.78 is 2.08. The van der Waals surface area contributed by atoms with Crippen molar-refractivity contribution in [1.29, 1.82) is 0 Å². The van der Waals surface area contributed by atoms with E-state index in [0.29, 0.717) is 17.9 Å². The molecular formula is C22H24N6NaO5S2+. The zero-order valence-electron chi connectivity index (χ0n) is 20.8. The van der Waals surface area contributed by atoms with E-state index in [0.717, 1.165) is 30.6 Å². The van der Waals surface area contributed by atoms with Gasteiger partial charge >= 0.3 is 35.5 Å². The van der Waals surface area contributed by atoms with Crippen LogP contribution >= 0.6 is 23.1 Å². The van der Waals surface area contributed by atoms with Crippen molar-refractivity contribution in [2.45, 2.75) is 37.2 Å². The number of anilines is 1. The monoisotopic (exact) mass is 539 g/mol. The summed E-state index contributed by atoms with van der Waals surface area (Å²) in [5.41, 5.74) is 8.92. The zero-order chi connectivity index (χ0) is 24.7. The number of nitrogens with one attached hydrogen (secondary N) is 1. The van der Waals surface area contributed by atoms with Gasteiger partial charge in [0.15, 0.2) is 29.3 Å². The number of thiazole rings is 1. The van der Waals surface area contributed by atoms with Gasteiger partial charge < -0.3 is 22.4 Å². The minimum Gasteiger partial charge on any atom is -1.00 e. The molecule has 1 saturated heterocycles. The summed E-state index contributed by atoms with van der Waals surface area (Å²) in [6, 6.07) is 3.18. The number of nitrogens with two attached hydrogens (primary N) is 1. The fourth-order valence-corrected chi connectivity index (χ4v) is 6.56. The molecule has 2 aliphatic heterocycles. The second kappa shape index (κ2) is 10.9. The van der Waals surface area contributed by atoms with Gasteiger partial charge in [0.25, 0.3) is 11.8 Å². The molecule has 1 fully saturated rings. The first-order valence-corrected chi connectivity index (χ1v) is 12.9. The first-order valence-electron chi connectivity index (χ1n) is 10.9. The van der Waals surface area contributed by atoms with Gasteiger partial charge in [0, 0.05) is 34.8 Å². The number of pyridine rings is 1. The normalized spacial score (nSPS) is 20.8. The Kier molecular flexibility index (Phi) is 8.05. The summed E-state index contributed by atoms with van der Waals surface area (Å²) >= 11 is 2.57. The van der Waals surface area contributed by atoms with Crippen LogP contribution in [0.25, 0.3) is 0 Å². The fourth-order valence-electron chi connectivity index (χ4n) is 4.67. The number of carboxylic acid groups (broad SMARTS) is 1. The second-order valence-electron chi connectivity index (χ2n) is 8.27. The molecule has 2 amide bonds. The molecule has 2 aromatic rings. The Balaban J connectivity index is 0.00000190. The number of hydrogen-bond acceptors (Lipinski definition) is 9. The average molecular weight is 540 g/mol. The predicted octanol–water partition coefficient (Wildman–Crippen LogP) is -2.59. The molecule has 0 spiro atoms. The summed E-state index contributed by atoms with van der Waals surface area (Å²) in [5.74, 6) is -1.86. The van der Waals surface area contributed by atoms with E-state index in [1.807, 2.05) is 12.3 Å². The maximum atomic E-state index is 13.0. The molecule has 11 nitrogen and oxygen atoms in total. The first kappa shape index (κ1) is 26.6. The van der Waals surface area contributed by atoms with E-state index in [1.165, 1.54) is 35.0 Å². The van der Waals surface area contributed by atoms with E-state index in [-0.39, 0.29) is 53.2 Å². The van der Waals surface area contributed by atoms with Crippen LogP contribution in [0, 0.1) is 0 Å². The van der Waals surface area contributed by atoms with Crippen molar-refractivity contribution in [2.24, 2.45) is 5.16 Å². The number of aromatic nitrogens is 2. The number of carbonyl (C=O) groups excluding carboxylic acids is 2. The van der Waals surface area contributed by atoms with Gasteiger partial charge in [-0.1, -0.05) is 5.16 Å². The first-order chi connectivity index (χ1) is 16.9. The number of nitrogens with zero attached hydrogens (tertiary/aromatic N) is 4.